The summed E-state index contributed by atoms with van der Waals surface area (Å²) in [6, 6.07) is 8.21. The van der Waals surface area contributed by atoms with Gasteiger partial charge in [-0.2, -0.15) is 0 Å². The van der Waals surface area contributed by atoms with E-state index >= 15 is 0 Å². The highest BCUT2D eigenvalue weighted by atomic mass is 35.5. The number of ether oxygens (including phenoxy) is 1. The maximum Gasteiger partial charge on any atom is 0.511 e. The van der Waals surface area contributed by atoms with Crippen LogP contribution in [-0.2, 0) is 20.6 Å². The number of imidazole rings is 1. The Hall–Kier alpha value is -4.12. The first-order valence-corrected chi connectivity index (χ1v) is 9.82. The molecule has 0 unspecified atom stereocenters. The molecule has 2 heterocycles. The molecule has 10 nitrogen and oxygen atoms in total. The number of rotatable bonds is 4. The van der Waals surface area contributed by atoms with Crippen LogP contribution in [-0.4, -0.2) is 29.5 Å². The molecule has 12 heteroatoms. The van der Waals surface area contributed by atoms with Crippen LogP contribution in [0.3, 0.4) is 0 Å². The average molecular weight is 475 g/mol. The van der Waals surface area contributed by atoms with Crippen LogP contribution in [0.2, 0.25) is 5.02 Å². The van der Waals surface area contributed by atoms with Gasteiger partial charge in [-0.1, -0.05) is 11.6 Å². The number of fused-ring (bicyclic) bond motifs is 1. The number of hydrogen-bond acceptors (Lipinski definition) is 5. The molecule has 0 aliphatic carbocycles. The Balaban J connectivity index is 1.96. The summed E-state index contributed by atoms with van der Waals surface area (Å²) in [4.78, 5) is 49.3. The van der Waals surface area contributed by atoms with Crippen molar-refractivity contribution in [1.82, 2.24) is 18.3 Å². The molecule has 0 aliphatic rings. The highest BCUT2D eigenvalue weighted by Crippen LogP contribution is 2.18. The summed E-state index contributed by atoms with van der Waals surface area (Å²) in [7, 11) is 3.16. The molecule has 0 saturated heterocycles. The van der Waals surface area contributed by atoms with Crippen LogP contribution in [0.25, 0.3) is 16.7 Å². The zero-order chi connectivity index (χ0) is 24.0. The molecule has 0 amide bonds. The van der Waals surface area contributed by atoms with Crippen molar-refractivity contribution in [2.24, 2.45) is 14.1 Å². The lowest BCUT2D eigenvalue weighted by molar-refractivity contribution is 0.143. The second-order valence-electron chi connectivity index (χ2n) is 7.26. The summed E-state index contributed by atoms with van der Waals surface area (Å²) >= 11 is 5.87. The summed E-state index contributed by atoms with van der Waals surface area (Å²) in [5.74, 6) is -1.30. The molecule has 0 fully saturated rings. The number of carboxylic acid groups (broad SMARTS) is 1. The summed E-state index contributed by atoms with van der Waals surface area (Å²) < 4.78 is 22.9. The van der Waals surface area contributed by atoms with Crippen molar-refractivity contribution in [3.05, 3.63) is 90.3 Å². The maximum absolute atomic E-state index is 13.8. The monoisotopic (exact) mass is 474 g/mol. The predicted molar refractivity (Wildman–Crippen MR) is 117 cm³/mol. The SMILES string of the molecule is Cn1c(=O)n(C)c2cc(-n3cc(OC(=O)O)c(=O)n(Cc4cc(F)cc(Cl)c4)c3=O)ccc21. The van der Waals surface area contributed by atoms with Crippen LogP contribution in [0.4, 0.5) is 9.18 Å². The highest BCUT2D eigenvalue weighted by Gasteiger charge is 2.18. The van der Waals surface area contributed by atoms with Gasteiger partial charge in [-0.15, -0.1) is 0 Å². The molecule has 33 heavy (non-hydrogen) atoms. The van der Waals surface area contributed by atoms with Crippen LogP contribution in [0.1, 0.15) is 5.56 Å². The molecule has 1 N–H and O–H groups in total. The lowest BCUT2D eigenvalue weighted by Gasteiger charge is -2.13. The van der Waals surface area contributed by atoms with E-state index in [0.29, 0.717) is 15.6 Å². The van der Waals surface area contributed by atoms with Gasteiger partial charge in [0.15, 0.2) is 0 Å². The largest absolute Gasteiger partial charge is 0.511 e. The van der Waals surface area contributed by atoms with Crippen molar-refractivity contribution in [2.45, 2.75) is 6.54 Å². The minimum absolute atomic E-state index is 0.0618. The molecule has 0 saturated carbocycles. The van der Waals surface area contributed by atoms with Crippen molar-refractivity contribution < 1.29 is 19.0 Å². The first kappa shape index (κ1) is 22.1. The molecule has 0 atom stereocenters. The quantitative estimate of drug-likeness (QED) is 0.452. The van der Waals surface area contributed by atoms with E-state index in [9.17, 15) is 23.6 Å². The number of benzene rings is 2. The Kier molecular flexibility index (Phi) is 5.42. The molecule has 0 aliphatic heterocycles. The van der Waals surface area contributed by atoms with Gasteiger partial charge in [0.2, 0.25) is 5.75 Å². The van der Waals surface area contributed by atoms with Crippen LogP contribution < -0.4 is 21.7 Å². The molecule has 0 spiro atoms. The Labute approximate surface area is 188 Å². The van der Waals surface area contributed by atoms with Gasteiger partial charge in [-0.3, -0.25) is 23.1 Å². The average Bonchev–Trinajstić information content (AvgIpc) is 2.96. The molecule has 2 aromatic carbocycles. The summed E-state index contributed by atoms with van der Waals surface area (Å²) in [5.41, 5.74) is -0.580. The molecule has 4 aromatic rings. The van der Waals surface area contributed by atoms with Crippen molar-refractivity contribution in [1.29, 1.82) is 0 Å². The number of hydrogen-bond donors (Lipinski definition) is 1. The van der Waals surface area contributed by atoms with Gasteiger partial charge in [0.1, 0.15) is 5.82 Å². The van der Waals surface area contributed by atoms with E-state index in [0.717, 1.165) is 22.9 Å². The fraction of sp³-hybridized carbons (Fsp3) is 0.143. The Morgan fingerprint density at radius 1 is 1.03 bits per heavy atom. The van der Waals surface area contributed by atoms with Crippen molar-refractivity contribution in [3.8, 4) is 11.4 Å². The van der Waals surface area contributed by atoms with Crippen molar-refractivity contribution in [3.63, 3.8) is 0 Å². The zero-order valence-electron chi connectivity index (χ0n) is 17.3. The number of carbonyl (C=O) groups is 1. The maximum atomic E-state index is 13.8. The van der Waals surface area contributed by atoms with E-state index in [1.165, 1.54) is 27.3 Å². The first-order chi connectivity index (χ1) is 15.6. The Morgan fingerprint density at radius 2 is 1.73 bits per heavy atom. The van der Waals surface area contributed by atoms with Gasteiger partial charge in [0.05, 0.1) is 29.5 Å². The fourth-order valence-corrected chi connectivity index (χ4v) is 3.84. The minimum atomic E-state index is -1.75. The number of nitrogens with zero attached hydrogens (tertiary/aromatic N) is 4. The lowest BCUT2D eigenvalue weighted by Crippen LogP contribution is -2.40. The van der Waals surface area contributed by atoms with E-state index in [-0.39, 0.29) is 22.0 Å². The smallest absolute Gasteiger partial charge is 0.449 e. The number of aryl methyl sites for hydroxylation is 2. The zero-order valence-corrected chi connectivity index (χ0v) is 18.0. The van der Waals surface area contributed by atoms with Crippen LogP contribution >= 0.6 is 11.6 Å². The van der Waals surface area contributed by atoms with Crippen molar-refractivity contribution >= 4 is 28.8 Å². The molecule has 170 valence electrons. The van der Waals surface area contributed by atoms with E-state index in [2.05, 4.69) is 4.74 Å². The van der Waals surface area contributed by atoms with Gasteiger partial charge >= 0.3 is 17.5 Å². The standard InChI is InChI=1S/C21H16ClFN4O6/c1-24-15-4-3-14(8-16(15)25(2)19(24)29)26-10-17(33-21(31)32)18(28)27(20(26)30)9-11-5-12(22)7-13(23)6-11/h3-8,10H,9H2,1-2H3,(H,31,32). The van der Waals surface area contributed by atoms with E-state index in [4.69, 9.17) is 16.7 Å². The van der Waals surface area contributed by atoms with E-state index < -0.39 is 35.5 Å². The third-order valence-corrected chi connectivity index (χ3v) is 5.35. The number of halogens is 2. The predicted octanol–water partition coefficient (Wildman–Crippen LogP) is 2.09. The minimum Gasteiger partial charge on any atom is -0.449 e. The van der Waals surface area contributed by atoms with Gasteiger partial charge in [-0.25, -0.2) is 18.8 Å². The Morgan fingerprint density at radius 3 is 2.39 bits per heavy atom. The van der Waals surface area contributed by atoms with Gasteiger partial charge in [-0.05, 0) is 42.0 Å². The molecule has 0 radical (unpaired) electrons. The Bertz CT molecular complexity index is 1590. The second-order valence-corrected chi connectivity index (χ2v) is 7.69. The fourth-order valence-electron chi connectivity index (χ4n) is 3.60. The summed E-state index contributed by atoms with van der Waals surface area (Å²) in [6.07, 6.45) is -0.797. The van der Waals surface area contributed by atoms with Crippen LogP contribution in [0.15, 0.2) is 57.0 Å². The normalized spacial score (nSPS) is 11.2. The van der Waals surface area contributed by atoms with Gasteiger partial charge in [0.25, 0.3) is 5.56 Å². The van der Waals surface area contributed by atoms with E-state index in [1.54, 1.807) is 20.2 Å². The molecule has 4 rings (SSSR count). The van der Waals surface area contributed by atoms with Crippen LogP contribution in [0.5, 0.6) is 5.75 Å². The molecule has 0 bridgehead atoms. The highest BCUT2D eigenvalue weighted by molar-refractivity contribution is 6.30. The molecular weight excluding hydrogens is 459 g/mol. The molecular formula is C21H16ClFN4O6. The third kappa shape index (κ3) is 3.94. The van der Waals surface area contributed by atoms with Crippen molar-refractivity contribution in [2.75, 3.05) is 0 Å². The van der Waals surface area contributed by atoms with E-state index in [1.807, 2.05) is 0 Å². The first-order valence-electron chi connectivity index (χ1n) is 9.45. The lowest BCUT2D eigenvalue weighted by atomic mass is 10.2. The summed E-state index contributed by atoms with van der Waals surface area (Å²) in [6.45, 7) is -0.391. The second kappa shape index (κ2) is 8.10. The third-order valence-electron chi connectivity index (χ3n) is 5.13. The summed E-state index contributed by atoms with van der Waals surface area (Å²) in [5, 5.41) is 9.08. The van der Waals surface area contributed by atoms with Gasteiger partial charge < -0.3 is 9.84 Å². The number of aromatic nitrogens is 4. The van der Waals surface area contributed by atoms with Crippen LogP contribution in [0, 0.1) is 5.82 Å². The topological polar surface area (TPSA) is 117 Å². The molecule has 2 aromatic heterocycles. The van der Waals surface area contributed by atoms with Gasteiger partial charge in [0, 0.05) is 19.1 Å².